The first-order valence-corrected chi connectivity index (χ1v) is 5.51. The third-order valence-corrected chi connectivity index (χ3v) is 2.95. The average molecular weight is 245 g/mol. The SMILES string of the molecule is NC1=NC(=O)/C(=C2/CCNC(=O)c3[nH]ccc32)N1. The molecule has 0 atom stereocenters. The molecule has 2 aliphatic rings. The van der Waals surface area contributed by atoms with Gasteiger partial charge in [0.05, 0.1) is 0 Å². The smallest absolute Gasteiger partial charge is 0.296 e. The highest BCUT2D eigenvalue weighted by Gasteiger charge is 2.27. The summed E-state index contributed by atoms with van der Waals surface area (Å²) in [5, 5.41) is 5.51. The number of hydrogen-bond acceptors (Lipinski definition) is 4. The van der Waals surface area contributed by atoms with E-state index >= 15 is 0 Å². The van der Waals surface area contributed by atoms with E-state index in [2.05, 4.69) is 20.6 Å². The zero-order valence-electron chi connectivity index (χ0n) is 9.41. The molecule has 0 aromatic carbocycles. The lowest BCUT2D eigenvalue weighted by molar-refractivity contribution is -0.114. The number of H-pyrrole nitrogens is 1. The van der Waals surface area contributed by atoms with Crippen LogP contribution in [-0.2, 0) is 4.79 Å². The van der Waals surface area contributed by atoms with Crippen molar-refractivity contribution in [1.82, 2.24) is 15.6 Å². The summed E-state index contributed by atoms with van der Waals surface area (Å²) in [5.41, 5.74) is 7.75. The molecule has 2 amide bonds. The second-order valence-corrected chi connectivity index (χ2v) is 4.05. The van der Waals surface area contributed by atoms with Crippen LogP contribution in [-0.4, -0.2) is 29.3 Å². The number of rotatable bonds is 0. The molecule has 7 nitrogen and oxygen atoms in total. The Morgan fingerprint density at radius 2 is 2.17 bits per heavy atom. The summed E-state index contributed by atoms with van der Waals surface area (Å²) in [6.07, 6.45) is 2.22. The summed E-state index contributed by atoms with van der Waals surface area (Å²) in [7, 11) is 0. The summed E-state index contributed by atoms with van der Waals surface area (Å²) >= 11 is 0. The minimum absolute atomic E-state index is 0.0862. The quantitative estimate of drug-likeness (QED) is 0.453. The van der Waals surface area contributed by atoms with Gasteiger partial charge in [0.15, 0.2) is 0 Å². The molecular weight excluding hydrogens is 234 g/mol. The minimum Gasteiger partial charge on any atom is -0.369 e. The van der Waals surface area contributed by atoms with Crippen molar-refractivity contribution in [2.75, 3.05) is 6.54 Å². The van der Waals surface area contributed by atoms with Crippen LogP contribution in [0.2, 0.25) is 0 Å². The molecule has 1 aromatic heterocycles. The van der Waals surface area contributed by atoms with Crippen molar-refractivity contribution in [3.05, 3.63) is 29.2 Å². The molecule has 18 heavy (non-hydrogen) atoms. The number of amides is 2. The summed E-state index contributed by atoms with van der Waals surface area (Å²) in [6.45, 7) is 0.467. The molecular formula is C11H11N5O2. The second kappa shape index (κ2) is 3.73. The molecule has 3 rings (SSSR count). The van der Waals surface area contributed by atoms with Gasteiger partial charge >= 0.3 is 0 Å². The predicted molar refractivity (Wildman–Crippen MR) is 64.4 cm³/mol. The normalized spacial score (nSPS) is 23.0. The van der Waals surface area contributed by atoms with Crippen LogP contribution in [0.4, 0.5) is 0 Å². The van der Waals surface area contributed by atoms with Gasteiger partial charge in [0, 0.05) is 18.3 Å². The van der Waals surface area contributed by atoms with Crippen molar-refractivity contribution in [3.8, 4) is 0 Å². The Kier molecular flexibility index (Phi) is 2.19. The van der Waals surface area contributed by atoms with E-state index in [9.17, 15) is 9.59 Å². The number of aromatic amines is 1. The molecule has 3 heterocycles. The number of nitrogens with one attached hydrogen (secondary N) is 3. The van der Waals surface area contributed by atoms with Crippen molar-refractivity contribution in [3.63, 3.8) is 0 Å². The molecule has 0 unspecified atom stereocenters. The Labute approximate surface area is 102 Å². The topological polar surface area (TPSA) is 112 Å². The van der Waals surface area contributed by atoms with E-state index in [-0.39, 0.29) is 11.9 Å². The molecule has 7 heteroatoms. The molecule has 0 saturated heterocycles. The first-order valence-electron chi connectivity index (χ1n) is 5.51. The van der Waals surface area contributed by atoms with E-state index in [1.54, 1.807) is 12.3 Å². The lowest BCUT2D eigenvalue weighted by Crippen LogP contribution is -2.26. The van der Waals surface area contributed by atoms with E-state index < -0.39 is 5.91 Å². The van der Waals surface area contributed by atoms with Crippen molar-refractivity contribution in [2.45, 2.75) is 6.42 Å². The van der Waals surface area contributed by atoms with Gasteiger partial charge in [-0.25, -0.2) is 0 Å². The molecule has 0 radical (unpaired) electrons. The molecule has 0 saturated carbocycles. The Balaban J connectivity index is 2.15. The molecule has 0 aliphatic carbocycles. The van der Waals surface area contributed by atoms with Gasteiger partial charge in [-0.05, 0) is 18.1 Å². The Morgan fingerprint density at radius 3 is 2.89 bits per heavy atom. The molecule has 92 valence electrons. The number of guanidine groups is 1. The van der Waals surface area contributed by atoms with Gasteiger partial charge in [0.2, 0.25) is 5.96 Å². The second-order valence-electron chi connectivity index (χ2n) is 4.05. The lowest BCUT2D eigenvalue weighted by atomic mass is 10.0. The third kappa shape index (κ3) is 1.48. The van der Waals surface area contributed by atoms with Crippen LogP contribution in [0.5, 0.6) is 0 Å². The van der Waals surface area contributed by atoms with E-state index in [1.165, 1.54) is 0 Å². The largest absolute Gasteiger partial charge is 0.369 e. The minimum atomic E-state index is -0.399. The van der Waals surface area contributed by atoms with Crippen LogP contribution in [0.25, 0.3) is 5.57 Å². The van der Waals surface area contributed by atoms with Crippen molar-refractivity contribution in [2.24, 2.45) is 10.7 Å². The zero-order valence-corrected chi connectivity index (χ0v) is 9.41. The fourth-order valence-electron chi connectivity index (χ4n) is 2.17. The lowest BCUT2D eigenvalue weighted by Gasteiger charge is -2.07. The van der Waals surface area contributed by atoms with Crippen LogP contribution in [0, 0.1) is 0 Å². The van der Waals surface area contributed by atoms with Gasteiger partial charge in [-0.15, -0.1) is 0 Å². The summed E-state index contributed by atoms with van der Waals surface area (Å²) in [6, 6.07) is 1.77. The highest BCUT2D eigenvalue weighted by molar-refractivity contribution is 6.15. The van der Waals surface area contributed by atoms with E-state index in [0.29, 0.717) is 29.9 Å². The summed E-state index contributed by atoms with van der Waals surface area (Å²) < 4.78 is 0. The zero-order chi connectivity index (χ0) is 12.7. The highest BCUT2D eigenvalue weighted by atomic mass is 16.2. The average Bonchev–Trinajstić information content (AvgIpc) is 2.88. The van der Waals surface area contributed by atoms with Gasteiger partial charge in [-0.1, -0.05) is 0 Å². The standard InChI is InChI=1S/C11H11N5O2/c12-11-15-8(10(18)16-11)6-2-4-14-9(17)7-5(6)1-3-13-7/h1,3,13H,2,4H2,(H,14,17)(H3,12,15,16,18)/b8-6+. The van der Waals surface area contributed by atoms with E-state index in [0.717, 1.165) is 5.57 Å². The maximum absolute atomic E-state index is 11.7. The number of carbonyl (C=O) groups is 2. The maximum Gasteiger partial charge on any atom is 0.296 e. The summed E-state index contributed by atoms with van der Waals surface area (Å²) in [4.78, 5) is 30.0. The van der Waals surface area contributed by atoms with Gasteiger partial charge in [-0.3, -0.25) is 9.59 Å². The fourth-order valence-corrected chi connectivity index (χ4v) is 2.17. The predicted octanol–water partition coefficient (Wildman–Crippen LogP) is -0.696. The van der Waals surface area contributed by atoms with E-state index in [4.69, 9.17) is 5.73 Å². The van der Waals surface area contributed by atoms with Gasteiger partial charge < -0.3 is 21.4 Å². The monoisotopic (exact) mass is 245 g/mol. The van der Waals surface area contributed by atoms with Gasteiger partial charge in [-0.2, -0.15) is 4.99 Å². The number of carbonyl (C=O) groups excluding carboxylic acids is 2. The molecule has 5 N–H and O–H groups in total. The number of nitrogens with zero attached hydrogens (tertiary/aromatic N) is 1. The van der Waals surface area contributed by atoms with Crippen molar-refractivity contribution in [1.29, 1.82) is 0 Å². The first kappa shape index (κ1) is 10.6. The van der Waals surface area contributed by atoms with Crippen molar-refractivity contribution < 1.29 is 9.59 Å². The number of aromatic nitrogens is 1. The molecule has 2 aliphatic heterocycles. The Morgan fingerprint density at radius 1 is 1.33 bits per heavy atom. The van der Waals surface area contributed by atoms with Crippen LogP contribution >= 0.6 is 0 Å². The van der Waals surface area contributed by atoms with Crippen LogP contribution < -0.4 is 16.4 Å². The van der Waals surface area contributed by atoms with Crippen LogP contribution in [0.3, 0.4) is 0 Å². The summed E-state index contributed by atoms with van der Waals surface area (Å²) in [5.74, 6) is -0.489. The molecule has 1 aromatic rings. The maximum atomic E-state index is 11.7. The molecule has 0 fully saturated rings. The van der Waals surface area contributed by atoms with Crippen LogP contribution in [0.1, 0.15) is 22.5 Å². The van der Waals surface area contributed by atoms with Gasteiger partial charge in [0.1, 0.15) is 11.4 Å². The van der Waals surface area contributed by atoms with Gasteiger partial charge in [0.25, 0.3) is 11.8 Å². The Hall–Kier alpha value is -2.57. The van der Waals surface area contributed by atoms with Crippen LogP contribution in [0.15, 0.2) is 23.0 Å². The molecule has 0 spiro atoms. The molecule has 0 bridgehead atoms. The third-order valence-electron chi connectivity index (χ3n) is 2.95. The highest BCUT2D eigenvalue weighted by Crippen LogP contribution is 2.27. The Bertz CT molecular complexity index is 611. The number of nitrogens with two attached hydrogens (primary N) is 1. The fraction of sp³-hybridized carbons (Fsp3) is 0.182. The number of hydrogen-bond donors (Lipinski definition) is 4. The van der Waals surface area contributed by atoms with E-state index in [1.807, 2.05) is 0 Å². The van der Waals surface area contributed by atoms with Crippen molar-refractivity contribution >= 4 is 23.3 Å². The number of aliphatic imine (C=N–C) groups is 1. The number of fused-ring (bicyclic) bond motifs is 1. The first-order chi connectivity index (χ1) is 8.66.